The molecule has 262 valence electrons. The van der Waals surface area contributed by atoms with Crippen LogP contribution in [-0.4, -0.2) is 93.9 Å². The van der Waals surface area contributed by atoms with Crippen molar-refractivity contribution in [2.75, 3.05) is 86.4 Å². The molecule has 16 heteroatoms. The van der Waals surface area contributed by atoms with E-state index < -0.39 is 20.0 Å². The van der Waals surface area contributed by atoms with Crippen molar-refractivity contribution < 1.29 is 35.8 Å². The molecule has 14 nitrogen and oxygen atoms in total. The van der Waals surface area contributed by atoms with Gasteiger partial charge in [-0.1, -0.05) is 0 Å². The Labute approximate surface area is 287 Å². The summed E-state index contributed by atoms with van der Waals surface area (Å²) in [6.07, 6.45) is 6.60. The number of hydrogen-bond acceptors (Lipinski definition) is 12. The summed E-state index contributed by atoms with van der Waals surface area (Å²) >= 11 is 0. The van der Waals surface area contributed by atoms with Crippen LogP contribution in [0.2, 0.25) is 0 Å². The van der Waals surface area contributed by atoms with Gasteiger partial charge in [-0.15, -0.1) is 0 Å². The molecule has 4 aromatic rings. The van der Waals surface area contributed by atoms with Gasteiger partial charge in [0.15, 0.2) is 0 Å². The van der Waals surface area contributed by atoms with Gasteiger partial charge in [0.2, 0.25) is 20.0 Å². The summed E-state index contributed by atoms with van der Waals surface area (Å²) in [6.45, 7) is 3.13. The Morgan fingerprint density at radius 2 is 0.898 bits per heavy atom. The van der Waals surface area contributed by atoms with E-state index in [1.54, 1.807) is 36.7 Å². The Hall–Kier alpha value is -4.96. The van der Waals surface area contributed by atoms with Crippen LogP contribution in [-0.2, 0) is 20.0 Å². The molecule has 5 rings (SSSR count). The van der Waals surface area contributed by atoms with Gasteiger partial charge >= 0.3 is 0 Å². The summed E-state index contributed by atoms with van der Waals surface area (Å²) in [4.78, 5) is 14.0. The third-order valence-corrected chi connectivity index (χ3v) is 9.04. The fourth-order valence-electron chi connectivity index (χ4n) is 5.59. The number of nitrogens with one attached hydrogen (secondary N) is 2. The van der Waals surface area contributed by atoms with Crippen LogP contribution in [0.5, 0.6) is 23.0 Å². The molecular formula is C33H40N6O8S2. The first-order chi connectivity index (χ1) is 23.3. The van der Waals surface area contributed by atoms with Gasteiger partial charge in [0.1, 0.15) is 46.0 Å². The first-order valence-corrected chi connectivity index (χ1v) is 19.0. The first-order valence-electron chi connectivity index (χ1n) is 15.2. The highest BCUT2D eigenvalue weighted by molar-refractivity contribution is 7.92. The number of nitrogens with zero attached hydrogens (tertiary/aromatic N) is 4. The van der Waals surface area contributed by atoms with E-state index in [0.29, 0.717) is 23.0 Å². The largest absolute Gasteiger partial charge is 0.494 e. The van der Waals surface area contributed by atoms with Crippen molar-refractivity contribution in [1.82, 2.24) is 9.97 Å². The molecular weight excluding hydrogens is 673 g/mol. The van der Waals surface area contributed by atoms with Crippen LogP contribution in [0.15, 0.2) is 60.9 Å². The van der Waals surface area contributed by atoms with E-state index in [2.05, 4.69) is 19.2 Å². The first kappa shape index (κ1) is 35.3. The number of rotatable bonds is 12. The van der Waals surface area contributed by atoms with Crippen molar-refractivity contribution in [2.45, 2.75) is 6.42 Å². The molecule has 2 aromatic carbocycles. The number of pyridine rings is 2. The van der Waals surface area contributed by atoms with Gasteiger partial charge in [-0.2, -0.15) is 0 Å². The zero-order chi connectivity index (χ0) is 35.3. The predicted molar refractivity (Wildman–Crippen MR) is 192 cm³/mol. The van der Waals surface area contributed by atoms with Crippen LogP contribution in [0.4, 0.5) is 23.0 Å². The molecule has 49 heavy (non-hydrogen) atoms. The minimum atomic E-state index is -3.55. The van der Waals surface area contributed by atoms with E-state index >= 15 is 0 Å². The van der Waals surface area contributed by atoms with Crippen molar-refractivity contribution in [3.8, 4) is 45.3 Å². The van der Waals surface area contributed by atoms with Crippen LogP contribution in [0.3, 0.4) is 0 Å². The molecule has 3 heterocycles. The van der Waals surface area contributed by atoms with Gasteiger partial charge in [-0.3, -0.25) is 9.44 Å². The second kappa shape index (κ2) is 14.7. The smallest absolute Gasteiger partial charge is 0.230 e. The van der Waals surface area contributed by atoms with Crippen LogP contribution in [0.1, 0.15) is 6.42 Å². The summed E-state index contributed by atoms with van der Waals surface area (Å²) in [5, 5.41) is 0. The summed E-state index contributed by atoms with van der Waals surface area (Å²) in [7, 11) is -1.22. The lowest BCUT2D eigenvalue weighted by Crippen LogP contribution is -2.31. The zero-order valence-corrected chi connectivity index (χ0v) is 29.8. The van der Waals surface area contributed by atoms with Crippen LogP contribution >= 0.6 is 0 Å². The van der Waals surface area contributed by atoms with Gasteiger partial charge in [-0.25, -0.2) is 26.8 Å². The van der Waals surface area contributed by atoms with E-state index in [1.165, 1.54) is 28.4 Å². The van der Waals surface area contributed by atoms with Gasteiger partial charge in [0.05, 0.1) is 41.0 Å². The van der Waals surface area contributed by atoms with Gasteiger partial charge in [0, 0.05) is 49.7 Å². The third kappa shape index (κ3) is 8.56. The van der Waals surface area contributed by atoms with Crippen molar-refractivity contribution in [3.63, 3.8) is 0 Å². The number of methoxy groups -OCH3 is 4. The standard InChI is InChI=1S/C33H40N6O8S2/c1-44-26-16-24(17-27(45-2)32(26)36-48(5,40)41)22-8-10-30(34-20-22)38-12-7-13-39(15-14-38)31-11-9-23(21-35-31)25-18-28(46-3)33(29(19-25)47-4)37-49(6,42)43/h8-11,16-21,36-37H,7,12-15H2,1-6H3. The van der Waals surface area contributed by atoms with Gasteiger partial charge < -0.3 is 28.7 Å². The molecule has 0 atom stereocenters. The van der Waals surface area contributed by atoms with Crippen molar-refractivity contribution in [3.05, 3.63) is 60.9 Å². The number of benzene rings is 2. The van der Waals surface area contributed by atoms with Crippen molar-refractivity contribution in [2.24, 2.45) is 0 Å². The van der Waals surface area contributed by atoms with E-state index in [1.807, 2.05) is 24.3 Å². The maximum absolute atomic E-state index is 11.9. The summed E-state index contributed by atoms with van der Waals surface area (Å²) in [5.41, 5.74) is 3.64. The molecule has 0 aliphatic carbocycles. The molecule has 1 aliphatic heterocycles. The summed E-state index contributed by atoms with van der Waals surface area (Å²) in [5.74, 6) is 3.02. The monoisotopic (exact) mass is 712 g/mol. The number of sulfonamides is 2. The predicted octanol–water partition coefficient (Wildman–Crippen LogP) is 4.30. The fraction of sp³-hybridized carbons (Fsp3) is 0.333. The molecule has 0 spiro atoms. The molecule has 2 N–H and O–H groups in total. The molecule has 1 aliphatic rings. The SMILES string of the molecule is COc1cc(-c2ccc(N3CCCN(c4ccc(-c5cc(OC)c(NS(C)(=O)=O)c(OC)c5)cn4)CC3)nc2)cc(OC)c1NS(C)(=O)=O. The van der Waals surface area contributed by atoms with E-state index in [0.717, 1.165) is 79.0 Å². The fourth-order valence-corrected chi connectivity index (χ4v) is 6.74. The lowest BCUT2D eigenvalue weighted by molar-refractivity contribution is 0.398. The Morgan fingerprint density at radius 1 is 0.551 bits per heavy atom. The van der Waals surface area contributed by atoms with Gasteiger partial charge in [-0.05, 0) is 66.1 Å². The molecule has 0 amide bonds. The number of hydrogen-bond donors (Lipinski definition) is 2. The quantitative estimate of drug-likeness (QED) is 0.215. The topological polar surface area (TPSA) is 162 Å². The molecule has 0 bridgehead atoms. The zero-order valence-electron chi connectivity index (χ0n) is 28.2. The Bertz CT molecular complexity index is 1810. The molecule has 1 saturated heterocycles. The van der Waals surface area contributed by atoms with Crippen molar-refractivity contribution in [1.29, 1.82) is 0 Å². The van der Waals surface area contributed by atoms with Crippen LogP contribution < -0.4 is 38.2 Å². The Kier molecular flexibility index (Phi) is 10.6. The molecule has 0 unspecified atom stereocenters. The second-order valence-electron chi connectivity index (χ2n) is 11.4. The number of anilines is 4. The highest BCUT2D eigenvalue weighted by Crippen LogP contribution is 2.41. The average molecular weight is 713 g/mol. The van der Waals surface area contributed by atoms with E-state index in [-0.39, 0.29) is 11.4 Å². The highest BCUT2D eigenvalue weighted by atomic mass is 32.2. The molecule has 0 saturated carbocycles. The third-order valence-electron chi connectivity index (χ3n) is 7.89. The van der Waals surface area contributed by atoms with E-state index in [4.69, 9.17) is 28.9 Å². The summed E-state index contributed by atoms with van der Waals surface area (Å²) < 4.78 is 74.3. The lowest BCUT2D eigenvalue weighted by atomic mass is 10.1. The normalized spacial score (nSPS) is 13.8. The maximum Gasteiger partial charge on any atom is 0.230 e. The van der Waals surface area contributed by atoms with Crippen LogP contribution in [0.25, 0.3) is 22.3 Å². The molecule has 1 fully saturated rings. The van der Waals surface area contributed by atoms with Crippen LogP contribution in [0, 0.1) is 0 Å². The highest BCUT2D eigenvalue weighted by Gasteiger charge is 2.21. The molecule has 2 aromatic heterocycles. The maximum atomic E-state index is 11.9. The lowest BCUT2D eigenvalue weighted by Gasteiger charge is -2.24. The van der Waals surface area contributed by atoms with E-state index in [9.17, 15) is 16.8 Å². The number of aromatic nitrogens is 2. The number of ether oxygens (including phenoxy) is 4. The minimum absolute atomic E-state index is 0.234. The second-order valence-corrected chi connectivity index (χ2v) is 14.9. The Morgan fingerprint density at radius 3 is 1.16 bits per heavy atom. The van der Waals surface area contributed by atoms with Gasteiger partial charge in [0.25, 0.3) is 0 Å². The minimum Gasteiger partial charge on any atom is -0.494 e. The summed E-state index contributed by atoms with van der Waals surface area (Å²) in [6, 6.07) is 14.9. The molecule has 0 radical (unpaired) electrons. The Balaban J connectivity index is 1.29. The van der Waals surface area contributed by atoms with Crippen molar-refractivity contribution >= 4 is 43.1 Å². The average Bonchev–Trinajstić information content (AvgIpc) is 3.34.